The highest BCUT2D eigenvalue weighted by Gasteiger charge is 2.15. The van der Waals surface area contributed by atoms with Crippen molar-refractivity contribution in [1.82, 2.24) is 10.2 Å². The molecule has 0 atom stereocenters. The van der Waals surface area contributed by atoms with Crippen LogP contribution in [-0.2, 0) is 6.42 Å². The largest absolute Gasteiger partial charge is 0.486 e. The van der Waals surface area contributed by atoms with Gasteiger partial charge in [-0.1, -0.05) is 0 Å². The van der Waals surface area contributed by atoms with Gasteiger partial charge in [0.25, 0.3) is 0 Å². The second kappa shape index (κ2) is 5.27. The summed E-state index contributed by atoms with van der Waals surface area (Å²) in [5.74, 6) is 2.56. The van der Waals surface area contributed by atoms with Crippen LogP contribution in [0, 0.1) is 0 Å². The lowest BCUT2D eigenvalue weighted by Gasteiger charge is -2.18. The van der Waals surface area contributed by atoms with Gasteiger partial charge in [0.2, 0.25) is 11.8 Å². The molecule has 0 fully saturated rings. The summed E-state index contributed by atoms with van der Waals surface area (Å²) in [5.41, 5.74) is 6.28. The monoisotopic (exact) mass is 261 g/mol. The highest BCUT2D eigenvalue weighted by molar-refractivity contribution is 5.59. The number of hydrogen-bond acceptors (Lipinski definition) is 6. The van der Waals surface area contributed by atoms with E-state index in [0.717, 1.165) is 17.7 Å². The Bertz CT molecular complexity index is 568. The molecular weight excluding hydrogens is 246 g/mol. The van der Waals surface area contributed by atoms with E-state index in [1.165, 1.54) is 0 Å². The van der Waals surface area contributed by atoms with Crippen molar-refractivity contribution in [2.75, 3.05) is 19.8 Å². The first-order chi connectivity index (χ1) is 9.36. The van der Waals surface area contributed by atoms with E-state index in [9.17, 15) is 0 Å². The number of ether oxygens (including phenoxy) is 2. The Labute approximate surface area is 110 Å². The molecule has 0 amide bonds. The highest BCUT2D eigenvalue weighted by Crippen LogP contribution is 2.34. The summed E-state index contributed by atoms with van der Waals surface area (Å²) in [4.78, 5) is 0. The van der Waals surface area contributed by atoms with E-state index >= 15 is 0 Å². The van der Waals surface area contributed by atoms with Gasteiger partial charge in [0.05, 0.1) is 0 Å². The Hall–Kier alpha value is -2.08. The first-order valence-corrected chi connectivity index (χ1v) is 6.29. The van der Waals surface area contributed by atoms with Crippen molar-refractivity contribution >= 4 is 0 Å². The quantitative estimate of drug-likeness (QED) is 0.895. The molecule has 0 unspecified atom stereocenters. The number of hydrogen-bond donors (Lipinski definition) is 1. The van der Waals surface area contributed by atoms with Crippen LogP contribution in [0.2, 0.25) is 0 Å². The molecule has 6 nitrogen and oxygen atoms in total. The number of benzene rings is 1. The normalized spacial score (nSPS) is 13.5. The first kappa shape index (κ1) is 12.0. The maximum absolute atomic E-state index is 5.59. The van der Waals surface area contributed by atoms with Gasteiger partial charge in [-0.3, -0.25) is 0 Å². The van der Waals surface area contributed by atoms with Gasteiger partial charge in [-0.05, 0) is 31.2 Å². The van der Waals surface area contributed by atoms with Crippen LogP contribution in [0.3, 0.4) is 0 Å². The zero-order valence-electron chi connectivity index (χ0n) is 10.5. The van der Waals surface area contributed by atoms with Crippen LogP contribution in [0.15, 0.2) is 22.6 Å². The zero-order valence-corrected chi connectivity index (χ0v) is 10.5. The van der Waals surface area contributed by atoms with E-state index in [1.807, 2.05) is 18.2 Å². The molecular formula is C13H15N3O3. The summed E-state index contributed by atoms with van der Waals surface area (Å²) >= 11 is 0. The van der Waals surface area contributed by atoms with Crippen molar-refractivity contribution in [1.29, 1.82) is 0 Å². The van der Waals surface area contributed by atoms with Crippen molar-refractivity contribution in [2.45, 2.75) is 12.8 Å². The molecule has 2 heterocycles. The highest BCUT2D eigenvalue weighted by atomic mass is 16.6. The van der Waals surface area contributed by atoms with E-state index in [4.69, 9.17) is 19.6 Å². The number of aryl methyl sites for hydroxylation is 1. The minimum Gasteiger partial charge on any atom is -0.486 e. The minimum absolute atomic E-state index is 0.490. The molecule has 2 aromatic rings. The lowest BCUT2D eigenvalue weighted by molar-refractivity contribution is 0.171. The molecule has 1 aromatic carbocycles. The van der Waals surface area contributed by atoms with Crippen LogP contribution >= 0.6 is 0 Å². The number of nitrogens with two attached hydrogens (primary N) is 1. The third-order valence-corrected chi connectivity index (χ3v) is 2.85. The van der Waals surface area contributed by atoms with Crippen LogP contribution in [0.1, 0.15) is 12.3 Å². The van der Waals surface area contributed by atoms with Crippen LogP contribution in [0.5, 0.6) is 11.5 Å². The topological polar surface area (TPSA) is 83.4 Å². The standard InChI is InChI=1S/C13H15N3O3/c14-5-1-2-12-15-16-13(19-12)9-3-4-10-11(8-9)18-7-6-17-10/h3-4,8H,1-2,5-7,14H2. The number of rotatable bonds is 4. The van der Waals surface area contributed by atoms with Gasteiger partial charge in [-0.25, -0.2) is 0 Å². The number of nitrogens with zero attached hydrogens (tertiary/aromatic N) is 2. The summed E-state index contributed by atoms with van der Waals surface area (Å²) in [6, 6.07) is 5.59. The maximum atomic E-state index is 5.59. The van der Waals surface area contributed by atoms with Crippen LogP contribution in [-0.4, -0.2) is 30.0 Å². The van der Waals surface area contributed by atoms with E-state index < -0.39 is 0 Å². The Kier molecular flexibility index (Phi) is 3.33. The summed E-state index contributed by atoms with van der Waals surface area (Å²) in [7, 11) is 0. The molecule has 0 saturated heterocycles. The first-order valence-electron chi connectivity index (χ1n) is 6.29. The second-order valence-electron chi connectivity index (χ2n) is 4.25. The molecule has 0 aliphatic carbocycles. The summed E-state index contributed by atoms with van der Waals surface area (Å²) < 4.78 is 16.6. The van der Waals surface area contributed by atoms with Crippen molar-refractivity contribution in [3.63, 3.8) is 0 Å². The van der Waals surface area contributed by atoms with Crippen molar-refractivity contribution in [2.24, 2.45) is 5.73 Å². The molecule has 0 radical (unpaired) electrons. The van der Waals surface area contributed by atoms with Gasteiger partial charge in [-0.15, -0.1) is 10.2 Å². The third-order valence-electron chi connectivity index (χ3n) is 2.85. The number of aromatic nitrogens is 2. The van der Waals surface area contributed by atoms with Gasteiger partial charge < -0.3 is 19.6 Å². The lowest BCUT2D eigenvalue weighted by atomic mass is 10.2. The van der Waals surface area contributed by atoms with Gasteiger partial charge in [0.1, 0.15) is 13.2 Å². The fourth-order valence-corrected chi connectivity index (χ4v) is 1.90. The summed E-state index contributed by atoms with van der Waals surface area (Å²) in [5, 5.41) is 8.03. The molecule has 19 heavy (non-hydrogen) atoms. The van der Waals surface area contributed by atoms with Gasteiger partial charge >= 0.3 is 0 Å². The Morgan fingerprint density at radius 1 is 1.11 bits per heavy atom. The van der Waals surface area contributed by atoms with Crippen molar-refractivity contribution < 1.29 is 13.9 Å². The third kappa shape index (κ3) is 2.53. The molecule has 1 aliphatic heterocycles. The molecule has 1 aliphatic rings. The average Bonchev–Trinajstić information content (AvgIpc) is 2.93. The van der Waals surface area contributed by atoms with E-state index in [2.05, 4.69) is 10.2 Å². The molecule has 6 heteroatoms. The fourth-order valence-electron chi connectivity index (χ4n) is 1.90. The van der Waals surface area contributed by atoms with Crippen LogP contribution < -0.4 is 15.2 Å². The lowest BCUT2D eigenvalue weighted by Crippen LogP contribution is -2.15. The molecule has 0 bridgehead atoms. The predicted octanol–water partition coefficient (Wildman–Crippen LogP) is 1.40. The molecule has 100 valence electrons. The fraction of sp³-hybridized carbons (Fsp3) is 0.385. The Morgan fingerprint density at radius 3 is 2.79 bits per heavy atom. The van der Waals surface area contributed by atoms with Gasteiger partial charge in [-0.2, -0.15) is 0 Å². The maximum Gasteiger partial charge on any atom is 0.247 e. The smallest absolute Gasteiger partial charge is 0.247 e. The molecule has 1 aromatic heterocycles. The van der Waals surface area contributed by atoms with E-state index in [0.29, 0.717) is 43.7 Å². The number of fused-ring (bicyclic) bond motifs is 1. The molecule has 3 rings (SSSR count). The molecule has 0 saturated carbocycles. The van der Waals surface area contributed by atoms with E-state index in [1.54, 1.807) is 0 Å². The zero-order chi connectivity index (χ0) is 13.1. The van der Waals surface area contributed by atoms with E-state index in [-0.39, 0.29) is 0 Å². The van der Waals surface area contributed by atoms with Crippen molar-refractivity contribution in [3.8, 4) is 23.0 Å². The summed E-state index contributed by atoms with van der Waals surface area (Å²) in [6.45, 7) is 1.75. The second-order valence-corrected chi connectivity index (χ2v) is 4.25. The van der Waals surface area contributed by atoms with Gasteiger partial charge in [0.15, 0.2) is 11.5 Å². The van der Waals surface area contributed by atoms with Crippen molar-refractivity contribution in [3.05, 3.63) is 24.1 Å². The van der Waals surface area contributed by atoms with Crippen LogP contribution in [0.25, 0.3) is 11.5 Å². The van der Waals surface area contributed by atoms with Gasteiger partial charge in [0, 0.05) is 12.0 Å². The summed E-state index contributed by atoms with van der Waals surface area (Å²) in [6.07, 6.45) is 1.54. The van der Waals surface area contributed by atoms with Crippen LogP contribution in [0.4, 0.5) is 0 Å². The molecule has 2 N–H and O–H groups in total. The minimum atomic E-state index is 0.490. The Morgan fingerprint density at radius 2 is 1.95 bits per heavy atom. The SMILES string of the molecule is NCCCc1nnc(-c2ccc3c(c2)OCCO3)o1. The average molecular weight is 261 g/mol. The molecule has 0 spiro atoms. The Balaban J connectivity index is 1.83. The predicted molar refractivity (Wildman–Crippen MR) is 68.1 cm³/mol.